The van der Waals surface area contributed by atoms with Gasteiger partial charge in [0.15, 0.2) is 16.6 Å². The molecular formula is C20H21F3N6OS. The highest BCUT2D eigenvalue weighted by Gasteiger charge is 2.37. The van der Waals surface area contributed by atoms with Gasteiger partial charge in [-0.15, -0.1) is 0 Å². The quantitative estimate of drug-likeness (QED) is 0.642. The van der Waals surface area contributed by atoms with Crippen LogP contribution in [0.1, 0.15) is 24.2 Å². The van der Waals surface area contributed by atoms with Gasteiger partial charge in [0.25, 0.3) is 0 Å². The summed E-state index contributed by atoms with van der Waals surface area (Å²) in [5.41, 5.74) is 0.979. The minimum atomic E-state index is -4.67. The number of hydrogen-bond acceptors (Lipinski definition) is 7. The molecule has 31 heavy (non-hydrogen) atoms. The Morgan fingerprint density at radius 3 is 2.65 bits per heavy atom. The molecule has 2 aromatic heterocycles. The Labute approximate surface area is 180 Å². The first-order chi connectivity index (χ1) is 14.7. The zero-order valence-corrected chi connectivity index (χ0v) is 17.8. The molecule has 11 heteroatoms. The van der Waals surface area contributed by atoms with E-state index in [1.807, 2.05) is 35.2 Å². The molecule has 4 rings (SSSR count). The van der Waals surface area contributed by atoms with Crippen LogP contribution in [0.4, 0.5) is 24.1 Å². The molecule has 7 nitrogen and oxygen atoms in total. The third kappa shape index (κ3) is 4.41. The summed E-state index contributed by atoms with van der Waals surface area (Å²) >= 11 is 1.21. The molecule has 1 fully saturated rings. The predicted molar refractivity (Wildman–Crippen MR) is 113 cm³/mol. The van der Waals surface area contributed by atoms with Gasteiger partial charge in [0, 0.05) is 27.2 Å². The summed E-state index contributed by atoms with van der Waals surface area (Å²) in [6.07, 6.45) is -3.23. The fraction of sp³-hybridized carbons (Fsp3) is 0.400. The van der Waals surface area contributed by atoms with Gasteiger partial charge >= 0.3 is 6.18 Å². The van der Waals surface area contributed by atoms with Gasteiger partial charge < -0.3 is 15.1 Å². The Kier molecular flexibility index (Phi) is 5.69. The van der Waals surface area contributed by atoms with Crippen LogP contribution >= 0.6 is 11.3 Å². The van der Waals surface area contributed by atoms with Crippen LogP contribution in [0.15, 0.2) is 30.3 Å². The van der Waals surface area contributed by atoms with E-state index < -0.39 is 18.0 Å². The van der Waals surface area contributed by atoms with E-state index in [0.717, 1.165) is 12.0 Å². The summed E-state index contributed by atoms with van der Waals surface area (Å²) in [6.45, 7) is 1.01. The lowest BCUT2D eigenvalue weighted by Gasteiger charge is -2.23. The number of thiazole rings is 1. The summed E-state index contributed by atoms with van der Waals surface area (Å²) in [5.74, 6) is -1.19. The van der Waals surface area contributed by atoms with Crippen molar-refractivity contribution in [2.75, 3.05) is 30.4 Å². The van der Waals surface area contributed by atoms with Crippen molar-refractivity contribution in [1.82, 2.24) is 20.3 Å². The molecule has 3 aromatic rings. The highest BCUT2D eigenvalue weighted by atomic mass is 32.1. The molecule has 164 valence electrons. The maximum absolute atomic E-state index is 13.2. The smallest absolute Gasteiger partial charge is 0.361 e. The normalized spacial score (nSPS) is 16.7. The summed E-state index contributed by atoms with van der Waals surface area (Å²) in [6, 6.07) is 9.15. The average Bonchev–Trinajstić information content (AvgIpc) is 3.37. The van der Waals surface area contributed by atoms with E-state index in [2.05, 4.69) is 20.3 Å². The third-order valence-electron chi connectivity index (χ3n) is 5.01. The first-order valence-electron chi connectivity index (χ1n) is 9.75. The Morgan fingerprint density at radius 2 is 1.97 bits per heavy atom. The highest BCUT2D eigenvalue weighted by molar-refractivity contribution is 7.22. The zero-order valence-electron chi connectivity index (χ0n) is 17.0. The topological polar surface area (TPSA) is 74.2 Å². The number of nitrogens with zero attached hydrogens (tertiary/aromatic N) is 5. The molecule has 1 aliphatic rings. The number of nitrogens with one attached hydrogen (secondary N) is 1. The summed E-state index contributed by atoms with van der Waals surface area (Å²) in [7, 11) is 3.24. The molecule has 1 atom stereocenters. The summed E-state index contributed by atoms with van der Waals surface area (Å²) in [4.78, 5) is 27.9. The molecule has 1 aromatic carbocycles. The van der Waals surface area contributed by atoms with E-state index in [1.165, 1.54) is 16.2 Å². The number of amides is 1. The number of anilines is 2. The van der Waals surface area contributed by atoms with Crippen molar-refractivity contribution in [3.05, 3.63) is 41.7 Å². The number of rotatable bonds is 5. The number of benzene rings is 1. The molecular weight excluding hydrogens is 429 g/mol. The second-order valence-corrected chi connectivity index (χ2v) is 8.44. The van der Waals surface area contributed by atoms with E-state index >= 15 is 0 Å². The number of halogens is 3. The van der Waals surface area contributed by atoms with Gasteiger partial charge in [-0.1, -0.05) is 41.7 Å². The average molecular weight is 450 g/mol. The van der Waals surface area contributed by atoms with Crippen molar-refractivity contribution in [3.8, 4) is 0 Å². The van der Waals surface area contributed by atoms with Crippen LogP contribution in [-0.4, -0.2) is 47.5 Å². The molecule has 1 amide bonds. The van der Waals surface area contributed by atoms with Crippen molar-refractivity contribution in [2.45, 2.75) is 31.6 Å². The van der Waals surface area contributed by atoms with Gasteiger partial charge in [0.1, 0.15) is 10.7 Å². The molecule has 1 aliphatic heterocycles. The van der Waals surface area contributed by atoms with Crippen molar-refractivity contribution in [3.63, 3.8) is 0 Å². The lowest BCUT2D eigenvalue weighted by Crippen LogP contribution is -2.43. The molecule has 1 saturated heterocycles. The highest BCUT2D eigenvalue weighted by Crippen LogP contribution is 2.38. The number of carbonyl (C=O) groups excluding carboxylic acids is 1. The minimum absolute atomic E-state index is 0.0126. The molecule has 0 saturated carbocycles. The van der Waals surface area contributed by atoms with Crippen molar-refractivity contribution in [1.29, 1.82) is 0 Å². The number of aromatic nitrogens is 3. The van der Waals surface area contributed by atoms with Crippen LogP contribution in [0, 0.1) is 0 Å². The molecule has 0 radical (unpaired) electrons. The third-order valence-corrected chi connectivity index (χ3v) is 6.09. The Hall–Kier alpha value is -2.95. The van der Waals surface area contributed by atoms with Gasteiger partial charge in [-0.2, -0.15) is 18.2 Å². The van der Waals surface area contributed by atoms with E-state index in [-0.39, 0.29) is 17.4 Å². The minimum Gasteiger partial charge on any atom is -0.361 e. The molecule has 0 aliphatic carbocycles. The lowest BCUT2D eigenvalue weighted by atomic mass is 10.2. The van der Waals surface area contributed by atoms with Crippen molar-refractivity contribution in [2.24, 2.45) is 0 Å². The molecule has 0 spiro atoms. The molecule has 0 bridgehead atoms. The van der Waals surface area contributed by atoms with E-state index in [1.54, 1.807) is 14.1 Å². The van der Waals surface area contributed by atoms with Crippen molar-refractivity contribution < 1.29 is 18.0 Å². The van der Waals surface area contributed by atoms with Gasteiger partial charge in [0.05, 0.1) is 0 Å². The van der Waals surface area contributed by atoms with Crippen molar-refractivity contribution >= 4 is 38.5 Å². The van der Waals surface area contributed by atoms with E-state index in [0.29, 0.717) is 29.3 Å². The monoisotopic (exact) mass is 450 g/mol. The second-order valence-electron chi connectivity index (χ2n) is 7.47. The van der Waals surface area contributed by atoms with Crippen LogP contribution < -0.4 is 15.1 Å². The number of fused-ring (bicyclic) bond motifs is 1. The molecule has 3 heterocycles. The Morgan fingerprint density at radius 1 is 1.23 bits per heavy atom. The summed E-state index contributed by atoms with van der Waals surface area (Å²) < 4.78 is 40.1. The SMILES string of the molecule is CN(C)c1nc(C(F)(F)F)nc2nc(N3CCC[C@@H]3C(=O)NCc3ccccc3)sc12. The van der Waals surface area contributed by atoms with Crippen LogP contribution in [0.25, 0.3) is 10.3 Å². The Balaban J connectivity index is 1.61. The Bertz CT molecular complexity index is 1090. The number of carbonyl (C=O) groups is 1. The fourth-order valence-corrected chi connectivity index (χ4v) is 4.68. The maximum Gasteiger partial charge on any atom is 0.451 e. The van der Waals surface area contributed by atoms with Crippen LogP contribution in [0.5, 0.6) is 0 Å². The fourth-order valence-electron chi connectivity index (χ4n) is 3.52. The molecule has 0 unspecified atom stereocenters. The van der Waals surface area contributed by atoms with Crippen LogP contribution in [0.3, 0.4) is 0 Å². The van der Waals surface area contributed by atoms with Gasteiger partial charge in [0.2, 0.25) is 11.7 Å². The largest absolute Gasteiger partial charge is 0.451 e. The van der Waals surface area contributed by atoms with Gasteiger partial charge in [-0.05, 0) is 18.4 Å². The number of hydrogen-bond donors (Lipinski definition) is 1. The second kappa shape index (κ2) is 8.29. The first kappa shape index (κ1) is 21.3. The van der Waals surface area contributed by atoms with Crippen LogP contribution in [0.2, 0.25) is 0 Å². The predicted octanol–water partition coefficient (Wildman–Crippen LogP) is 3.46. The van der Waals surface area contributed by atoms with Gasteiger partial charge in [-0.3, -0.25) is 4.79 Å². The van der Waals surface area contributed by atoms with Gasteiger partial charge in [-0.25, -0.2) is 9.97 Å². The van der Waals surface area contributed by atoms with Crippen LogP contribution in [-0.2, 0) is 17.5 Å². The standard InChI is InChI=1S/C20H21F3N6OS/c1-28(2)16-14-15(25-18(27-16)20(21,22)23)26-19(31-14)29-10-6-9-13(29)17(30)24-11-12-7-4-3-5-8-12/h3-5,7-8,13H,6,9-11H2,1-2H3,(H,24,30)/t13-/m1/s1. The lowest BCUT2D eigenvalue weighted by molar-refractivity contribution is -0.144. The maximum atomic E-state index is 13.2. The number of alkyl halides is 3. The molecule has 1 N–H and O–H groups in total. The zero-order chi connectivity index (χ0) is 22.2. The summed E-state index contributed by atoms with van der Waals surface area (Å²) in [5, 5.41) is 3.42. The van der Waals surface area contributed by atoms with E-state index in [4.69, 9.17) is 0 Å². The van der Waals surface area contributed by atoms with E-state index in [9.17, 15) is 18.0 Å². The first-order valence-corrected chi connectivity index (χ1v) is 10.6.